The summed E-state index contributed by atoms with van der Waals surface area (Å²) < 4.78 is 0.00892. The molecule has 0 aliphatic carbocycles. The Kier molecular flexibility index (Phi) is 3.81. The average molecular weight is 188 g/mol. The Morgan fingerprint density at radius 3 is 1.91 bits per heavy atom. The molecular weight excluding hydrogens is 184 g/mol. The standard InChI is InChI=1S/C3H2ClN3O3.Na.H/c4-3-6(9)1-5(8)2-7(3)10;;/h1-2H;;/q;+1;-1. The SMILES string of the molecule is [H-].[Na+].[O-][n+]1c[n+]([O-])c(Cl)[n+]([O-])c1. The smallest absolute Gasteiger partial charge is 1.00 e. The summed E-state index contributed by atoms with van der Waals surface area (Å²) in [7, 11) is 0. The normalized spacial score (nSPS) is 8.82. The zero-order chi connectivity index (χ0) is 7.72. The molecule has 0 N–H and O–H groups in total. The molecule has 1 rings (SSSR count). The summed E-state index contributed by atoms with van der Waals surface area (Å²) in [6.07, 6.45) is 1.19. The quantitative estimate of drug-likeness (QED) is 0.233. The van der Waals surface area contributed by atoms with Crippen molar-refractivity contribution in [2.24, 2.45) is 0 Å². The molecule has 0 saturated heterocycles. The maximum atomic E-state index is 10.4. The van der Waals surface area contributed by atoms with Crippen LogP contribution >= 0.6 is 11.6 Å². The third-order valence-corrected chi connectivity index (χ3v) is 1.13. The fourth-order valence-corrected chi connectivity index (χ4v) is 0.516. The summed E-state index contributed by atoms with van der Waals surface area (Å²) >= 11 is 5.10. The van der Waals surface area contributed by atoms with Gasteiger partial charge < -0.3 is 17.0 Å². The number of halogens is 1. The van der Waals surface area contributed by atoms with Gasteiger partial charge >= 0.3 is 47.5 Å². The van der Waals surface area contributed by atoms with E-state index in [9.17, 15) is 15.6 Å². The van der Waals surface area contributed by atoms with E-state index < -0.39 is 5.28 Å². The van der Waals surface area contributed by atoms with Crippen LogP contribution in [0, 0.1) is 15.6 Å². The van der Waals surface area contributed by atoms with Crippen LogP contribution in [0.3, 0.4) is 0 Å². The minimum absolute atomic E-state index is 0. The van der Waals surface area contributed by atoms with Gasteiger partial charge in [-0.3, -0.25) is 0 Å². The van der Waals surface area contributed by atoms with Crippen LogP contribution in [0.25, 0.3) is 0 Å². The van der Waals surface area contributed by atoms with Crippen molar-refractivity contribution in [1.82, 2.24) is 0 Å². The molecule has 0 saturated carbocycles. The van der Waals surface area contributed by atoms with Crippen LogP contribution in [0.2, 0.25) is 5.28 Å². The predicted octanol–water partition coefficient (Wildman–Crippen LogP) is -4.64. The number of hydrogen-bond donors (Lipinski definition) is 0. The average Bonchev–Trinajstić information content (AvgIpc) is 1.82. The second-order valence-electron chi connectivity index (χ2n) is 1.51. The molecule has 0 radical (unpaired) electrons. The Labute approximate surface area is 90.2 Å². The summed E-state index contributed by atoms with van der Waals surface area (Å²) in [5.41, 5.74) is 0. The van der Waals surface area contributed by atoms with Crippen LogP contribution in [-0.4, -0.2) is 0 Å². The van der Waals surface area contributed by atoms with Gasteiger partial charge in [0.25, 0.3) is 0 Å². The van der Waals surface area contributed by atoms with Crippen molar-refractivity contribution in [3.05, 3.63) is 33.6 Å². The molecule has 6 nitrogen and oxygen atoms in total. The number of hydrogen-bond acceptors (Lipinski definition) is 3. The van der Waals surface area contributed by atoms with E-state index in [-0.39, 0.29) is 45.2 Å². The third kappa shape index (κ3) is 2.33. The molecule has 0 aliphatic rings. The largest absolute Gasteiger partial charge is 1.00 e. The summed E-state index contributed by atoms with van der Waals surface area (Å²) in [6, 6.07) is 0. The fraction of sp³-hybridized carbons (Fsp3) is 0. The van der Waals surface area contributed by atoms with Crippen LogP contribution < -0.4 is 43.7 Å². The first-order valence-corrected chi connectivity index (χ1v) is 2.59. The van der Waals surface area contributed by atoms with E-state index in [0.29, 0.717) is 12.7 Å². The summed E-state index contributed by atoms with van der Waals surface area (Å²) in [5, 5.41) is 30.5. The molecule has 0 spiro atoms. The summed E-state index contributed by atoms with van der Waals surface area (Å²) in [4.78, 5) is 0. The van der Waals surface area contributed by atoms with Crippen LogP contribution in [0.15, 0.2) is 12.7 Å². The first-order chi connectivity index (χ1) is 4.61. The van der Waals surface area contributed by atoms with Crippen molar-refractivity contribution in [2.75, 3.05) is 0 Å². The van der Waals surface area contributed by atoms with Gasteiger partial charge in [0.1, 0.15) is 0 Å². The molecule has 1 aromatic rings. The Morgan fingerprint density at radius 1 is 1.18 bits per heavy atom. The Balaban J connectivity index is 0. The van der Waals surface area contributed by atoms with E-state index in [1.807, 2.05) is 0 Å². The number of aromatic nitrogens is 3. The van der Waals surface area contributed by atoms with Gasteiger partial charge in [-0.05, 0) is 9.46 Å². The summed E-state index contributed by atoms with van der Waals surface area (Å²) in [5.74, 6) is 0. The summed E-state index contributed by atoms with van der Waals surface area (Å²) in [6.45, 7) is 0. The molecule has 1 heterocycles. The number of nitrogens with zero attached hydrogens (tertiary/aromatic N) is 3. The minimum Gasteiger partial charge on any atom is -1.00 e. The number of rotatable bonds is 0. The van der Waals surface area contributed by atoms with Gasteiger partial charge in [-0.1, -0.05) is 4.73 Å². The van der Waals surface area contributed by atoms with E-state index in [1.165, 1.54) is 0 Å². The zero-order valence-corrected chi connectivity index (χ0v) is 8.35. The Bertz CT molecular complexity index is 252. The molecule has 8 heteroatoms. The molecule has 0 fully saturated rings. The van der Waals surface area contributed by atoms with Gasteiger partial charge in [0.15, 0.2) is 0 Å². The molecule has 0 amide bonds. The Morgan fingerprint density at radius 2 is 1.55 bits per heavy atom. The Hall–Kier alpha value is -0.300. The first-order valence-electron chi connectivity index (χ1n) is 2.22. The van der Waals surface area contributed by atoms with E-state index in [4.69, 9.17) is 11.6 Å². The van der Waals surface area contributed by atoms with Crippen LogP contribution in [0.1, 0.15) is 1.43 Å². The molecule has 0 aromatic carbocycles. The molecular formula is C3H3ClN3NaO3. The van der Waals surface area contributed by atoms with Gasteiger partial charge in [0.05, 0.1) is 11.6 Å². The van der Waals surface area contributed by atoms with Crippen LogP contribution in [0.4, 0.5) is 0 Å². The van der Waals surface area contributed by atoms with Crippen molar-refractivity contribution in [2.45, 2.75) is 0 Å². The molecule has 0 unspecified atom stereocenters. The van der Waals surface area contributed by atoms with Crippen molar-refractivity contribution in [3.8, 4) is 0 Å². The van der Waals surface area contributed by atoms with Crippen molar-refractivity contribution < 1.29 is 45.2 Å². The topological polar surface area (TPSA) is 80.8 Å². The van der Waals surface area contributed by atoms with E-state index >= 15 is 0 Å². The van der Waals surface area contributed by atoms with Crippen molar-refractivity contribution in [3.63, 3.8) is 0 Å². The molecule has 0 aliphatic heterocycles. The monoisotopic (exact) mass is 187 g/mol. The van der Waals surface area contributed by atoms with Gasteiger partial charge in [0.2, 0.25) is 0 Å². The van der Waals surface area contributed by atoms with Gasteiger partial charge in [0, 0.05) is 0 Å². The second kappa shape index (κ2) is 3.91. The van der Waals surface area contributed by atoms with Gasteiger partial charge in [-0.2, -0.15) is 0 Å². The molecule has 0 bridgehead atoms. The molecule has 0 atom stereocenters. The predicted molar refractivity (Wildman–Crippen MR) is 29.4 cm³/mol. The molecule has 56 valence electrons. The van der Waals surface area contributed by atoms with E-state index in [0.717, 1.165) is 0 Å². The van der Waals surface area contributed by atoms with Gasteiger partial charge in [-0.25, -0.2) is 0 Å². The zero-order valence-electron chi connectivity index (χ0n) is 6.60. The second-order valence-corrected chi connectivity index (χ2v) is 1.85. The molecule has 1 aromatic heterocycles. The minimum atomic E-state index is -0.605. The fourth-order valence-electron chi connectivity index (χ4n) is 0.429. The van der Waals surface area contributed by atoms with Crippen LogP contribution in [-0.2, 0) is 0 Å². The maximum absolute atomic E-state index is 10.4. The first kappa shape index (κ1) is 10.7. The van der Waals surface area contributed by atoms with Crippen molar-refractivity contribution in [1.29, 1.82) is 0 Å². The molecule has 11 heavy (non-hydrogen) atoms. The van der Waals surface area contributed by atoms with E-state index in [1.54, 1.807) is 0 Å². The van der Waals surface area contributed by atoms with Gasteiger partial charge in [-0.15, -0.1) is 0 Å². The van der Waals surface area contributed by atoms with Crippen LogP contribution in [0.5, 0.6) is 0 Å². The maximum Gasteiger partial charge on any atom is 1.00 e. The third-order valence-electron chi connectivity index (χ3n) is 0.801. The van der Waals surface area contributed by atoms with E-state index in [2.05, 4.69) is 0 Å². The van der Waals surface area contributed by atoms with Crippen molar-refractivity contribution >= 4 is 11.6 Å².